The molecular weight excluding hydrogens is 1220 g/mol. The van der Waals surface area contributed by atoms with Crippen molar-refractivity contribution >= 4 is 34.1 Å². The quantitative estimate of drug-likeness (QED) is 0.0624. The number of hydrogen-bond acceptors (Lipinski definition) is 2. The molecule has 10 aromatic carbocycles. The first-order valence-electron chi connectivity index (χ1n) is 38.8. The molecule has 2 aliphatic carbocycles. The zero-order chi connectivity index (χ0) is 72.3. The first-order chi connectivity index (χ1) is 48.1. The Morgan fingerprint density at radius 2 is 0.535 bits per heavy atom. The van der Waals surface area contributed by atoms with Crippen molar-refractivity contribution in [1.82, 2.24) is 0 Å². The van der Waals surface area contributed by atoms with Crippen LogP contribution in [0.4, 0.5) is 34.1 Å². The lowest BCUT2D eigenvalue weighted by Crippen LogP contribution is -2.29. The van der Waals surface area contributed by atoms with E-state index in [-0.39, 0.29) is 21.7 Å². The van der Waals surface area contributed by atoms with Gasteiger partial charge in [0.1, 0.15) is 0 Å². The molecule has 2 aliphatic rings. The Labute approximate surface area is 612 Å². The van der Waals surface area contributed by atoms with Crippen molar-refractivity contribution in [3.8, 4) is 22.3 Å². The normalized spacial score (nSPS) is 13.5. The summed E-state index contributed by atoms with van der Waals surface area (Å²) in [5.74, 6) is 0. The third-order valence-corrected chi connectivity index (χ3v) is 22.6. The monoisotopic (exact) mass is 1340 g/mol. The fourth-order valence-electron chi connectivity index (χ4n) is 17.0. The van der Waals surface area contributed by atoms with Crippen LogP contribution in [0, 0.1) is 62.3 Å². The summed E-state index contributed by atoms with van der Waals surface area (Å²) in [5.41, 5.74) is 36.7. The number of hydrogen-bond donors (Lipinski definition) is 0. The minimum Gasteiger partial charge on any atom is -0.310 e. The van der Waals surface area contributed by atoms with E-state index in [1.165, 1.54) is 213 Å². The number of anilines is 6. The minimum atomic E-state index is -0.489. The van der Waals surface area contributed by atoms with Gasteiger partial charge in [-0.05, 0) is 235 Å². The van der Waals surface area contributed by atoms with Crippen LogP contribution in [0.5, 0.6) is 0 Å². The first-order valence-corrected chi connectivity index (χ1v) is 38.8. The van der Waals surface area contributed by atoms with Crippen LogP contribution >= 0.6 is 0 Å². The van der Waals surface area contributed by atoms with E-state index in [0.29, 0.717) is 0 Å². The molecule has 101 heavy (non-hydrogen) atoms. The lowest BCUT2D eigenvalue weighted by Gasteiger charge is -2.35. The molecule has 526 valence electrons. The molecule has 0 atom stereocenters. The van der Waals surface area contributed by atoms with Crippen molar-refractivity contribution in [1.29, 1.82) is 0 Å². The molecule has 2 nitrogen and oxygen atoms in total. The minimum absolute atomic E-state index is 0.0208. The maximum Gasteiger partial charge on any atom is 0.0713 e. The molecule has 0 aliphatic heterocycles. The van der Waals surface area contributed by atoms with Crippen LogP contribution in [-0.2, 0) is 27.1 Å². The molecule has 12 rings (SSSR count). The summed E-state index contributed by atoms with van der Waals surface area (Å²) in [5, 5.41) is 0. The summed E-state index contributed by atoms with van der Waals surface area (Å²) in [4.78, 5) is 4.96. The molecule has 0 spiro atoms. The lowest BCUT2D eigenvalue weighted by atomic mass is 9.67. The Morgan fingerprint density at radius 3 is 0.861 bits per heavy atom. The van der Waals surface area contributed by atoms with E-state index < -0.39 is 5.41 Å². The standard InChI is InChI=1S/C68H74N2.C31H46/c1-43-17-21-51(22-18-43)68(61-37-44(2)19-35-59(61)60-36-20-45(3)38-62(60)68)52-25-29-56(30-26-52)70(64-48(6)41-54(42-49(64)7)67(14,15)16)58-33-31-57(32-34-58)69(55-27-23-50(24-28-55)65(8,9)10)63-46(4)39-53(40-47(63)5)66(11,12)13;1-5-7-9-11-13-15-21-31(22-16-14-12-10-8-6-2)29-23-25(3)17-19-27(29)28-20-18-26(4)24-30(28)31/h17-42H,1-16H3;17-20,23-24H,5-16,21-22H2,1-4H3. The van der Waals surface area contributed by atoms with Crippen LogP contribution in [0.15, 0.2) is 194 Å². The highest BCUT2D eigenvalue weighted by Crippen LogP contribution is 2.58. The van der Waals surface area contributed by atoms with Gasteiger partial charge in [-0.25, -0.2) is 0 Å². The van der Waals surface area contributed by atoms with E-state index in [2.05, 4.69) is 342 Å². The molecule has 0 radical (unpaired) electrons. The number of fused-ring (bicyclic) bond motifs is 6. The highest BCUT2D eigenvalue weighted by atomic mass is 15.2. The van der Waals surface area contributed by atoms with Crippen molar-refractivity contribution in [3.63, 3.8) is 0 Å². The van der Waals surface area contributed by atoms with Gasteiger partial charge in [-0.3, -0.25) is 0 Å². The highest BCUT2D eigenvalue weighted by molar-refractivity contribution is 5.89. The van der Waals surface area contributed by atoms with Crippen molar-refractivity contribution in [3.05, 3.63) is 294 Å². The van der Waals surface area contributed by atoms with E-state index in [9.17, 15) is 0 Å². The molecule has 0 saturated carbocycles. The van der Waals surface area contributed by atoms with Gasteiger partial charge in [0.15, 0.2) is 0 Å². The van der Waals surface area contributed by atoms with Crippen LogP contribution in [0.1, 0.15) is 266 Å². The van der Waals surface area contributed by atoms with Crippen LogP contribution in [0.2, 0.25) is 0 Å². The number of unbranched alkanes of at least 4 members (excludes halogenated alkanes) is 10. The third-order valence-electron chi connectivity index (χ3n) is 22.6. The van der Waals surface area contributed by atoms with E-state index >= 15 is 0 Å². The lowest BCUT2D eigenvalue weighted by molar-refractivity contribution is 0.397. The van der Waals surface area contributed by atoms with Crippen LogP contribution in [0.25, 0.3) is 22.3 Å². The van der Waals surface area contributed by atoms with Gasteiger partial charge >= 0.3 is 0 Å². The molecule has 10 aromatic rings. The maximum atomic E-state index is 2.53. The molecule has 0 bridgehead atoms. The van der Waals surface area contributed by atoms with Gasteiger partial charge in [0.2, 0.25) is 0 Å². The molecule has 0 aromatic heterocycles. The van der Waals surface area contributed by atoms with Crippen LogP contribution in [0.3, 0.4) is 0 Å². The highest BCUT2D eigenvalue weighted by Gasteiger charge is 2.47. The van der Waals surface area contributed by atoms with Crippen molar-refractivity contribution in [2.75, 3.05) is 9.80 Å². The Bertz CT molecular complexity index is 4340. The van der Waals surface area contributed by atoms with E-state index in [1.54, 1.807) is 11.1 Å². The smallest absolute Gasteiger partial charge is 0.0713 e. The predicted molar refractivity (Wildman–Crippen MR) is 440 cm³/mol. The second-order valence-corrected chi connectivity index (χ2v) is 33.9. The number of benzene rings is 10. The number of nitrogens with zero attached hydrogens (tertiary/aromatic N) is 2. The molecule has 0 fully saturated rings. The summed E-state index contributed by atoms with van der Waals surface area (Å²) in [6.07, 6.45) is 19.2. The van der Waals surface area contributed by atoms with E-state index in [0.717, 1.165) is 22.7 Å². The summed E-state index contributed by atoms with van der Waals surface area (Å²) in [7, 11) is 0. The summed E-state index contributed by atoms with van der Waals surface area (Å²) in [6, 6.07) is 75.5. The van der Waals surface area contributed by atoms with Crippen LogP contribution in [-0.4, -0.2) is 0 Å². The SMILES string of the molecule is CCCCCCCCC1(CCCCCCCC)c2cc(C)ccc2-c2ccc(C)cc21.Cc1ccc(C2(c3ccc(N(c4ccc(N(c5ccc(C(C)(C)C)cc5)c5c(C)cc(C(C)(C)C)cc5C)cc4)c4c(C)cc(C(C)(C)C)cc4C)cc3)c3cc(C)ccc3-c3ccc(C)cc32)cc1. The van der Waals surface area contributed by atoms with Crippen molar-refractivity contribution in [2.45, 2.75) is 255 Å². The topological polar surface area (TPSA) is 6.48 Å². The third kappa shape index (κ3) is 15.3. The first kappa shape index (κ1) is 74.0. The van der Waals surface area contributed by atoms with Crippen LogP contribution < -0.4 is 9.80 Å². The summed E-state index contributed by atoms with van der Waals surface area (Å²) < 4.78 is 0. The average molecular weight is 1340 g/mol. The van der Waals surface area contributed by atoms with Crippen molar-refractivity contribution in [2.24, 2.45) is 0 Å². The number of aryl methyl sites for hydroxylation is 9. The van der Waals surface area contributed by atoms with E-state index in [1.807, 2.05) is 0 Å². The number of rotatable bonds is 22. The Kier molecular flexibility index (Phi) is 22.3. The second-order valence-electron chi connectivity index (χ2n) is 33.9. The Morgan fingerprint density at radius 1 is 0.267 bits per heavy atom. The summed E-state index contributed by atoms with van der Waals surface area (Å²) in [6.45, 7) is 45.6. The molecule has 2 heteroatoms. The largest absolute Gasteiger partial charge is 0.310 e. The molecular formula is C99H120N2. The zero-order valence-corrected chi connectivity index (χ0v) is 65.8. The van der Waals surface area contributed by atoms with Gasteiger partial charge < -0.3 is 9.80 Å². The predicted octanol–water partition coefficient (Wildman–Crippen LogP) is 29.1. The maximum absolute atomic E-state index is 2.53. The van der Waals surface area contributed by atoms with Crippen molar-refractivity contribution < 1.29 is 0 Å². The van der Waals surface area contributed by atoms with Gasteiger partial charge in [0, 0.05) is 28.2 Å². The van der Waals surface area contributed by atoms with Gasteiger partial charge in [-0.15, -0.1) is 0 Å². The Balaban J connectivity index is 0.000000276. The molecule has 0 saturated heterocycles. The fraction of sp³-hybridized carbons (Fsp3) is 0.394. The van der Waals surface area contributed by atoms with E-state index in [4.69, 9.17) is 0 Å². The molecule has 0 heterocycles. The summed E-state index contributed by atoms with van der Waals surface area (Å²) >= 11 is 0. The molecule has 0 unspecified atom stereocenters. The van der Waals surface area contributed by atoms with Gasteiger partial charge in [-0.2, -0.15) is 0 Å². The zero-order valence-electron chi connectivity index (χ0n) is 65.8. The second kappa shape index (κ2) is 30.4. The fourth-order valence-corrected chi connectivity index (χ4v) is 17.0. The average Bonchev–Trinajstić information content (AvgIpc) is 1.56. The van der Waals surface area contributed by atoms with Gasteiger partial charge in [0.25, 0.3) is 0 Å². The molecule has 0 amide bonds. The van der Waals surface area contributed by atoms with Gasteiger partial charge in [-0.1, -0.05) is 327 Å². The Hall–Kier alpha value is -8.20. The van der Waals surface area contributed by atoms with Gasteiger partial charge in [0.05, 0.1) is 16.8 Å². The molecule has 0 N–H and O–H groups in total.